The molecule has 0 heterocycles. The molecule has 0 N–H and O–H groups in total. The van der Waals surface area contributed by atoms with Gasteiger partial charge in [-0.05, 0) is 17.9 Å². The molecule has 0 aromatic heterocycles. The van der Waals surface area contributed by atoms with E-state index in [9.17, 15) is 13.9 Å². The largest absolute Gasteiger partial charge is 0.869 e. The third kappa shape index (κ3) is 3.70. The Morgan fingerprint density at radius 1 is 1.17 bits per heavy atom. The minimum atomic E-state index is -1.17. The van der Waals surface area contributed by atoms with Crippen molar-refractivity contribution < 1.29 is 13.9 Å². The first-order valence-corrected chi connectivity index (χ1v) is 5.79. The fourth-order valence-electron chi connectivity index (χ4n) is 0.483. The number of halogens is 2. The minimum Gasteiger partial charge on any atom is -0.869 e. The molecule has 0 aliphatic heterocycles. The van der Waals surface area contributed by atoms with Crippen LogP contribution in [0, 0.1) is 11.6 Å². The van der Waals surface area contributed by atoms with E-state index < -0.39 is 17.4 Å². The molecule has 0 saturated heterocycles. The van der Waals surface area contributed by atoms with Crippen LogP contribution in [0.5, 0.6) is 5.75 Å². The normalized spacial score (nSPS) is 8.00. The number of hydrogen-bond donors (Lipinski definition) is 0. The molecule has 4 heteroatoms. The Morgan fingerprint density at radius 3 is 1.75 bits per heavy atom. The summed E-state index contributed by atoms with van der Waals surface area (Å²) in [7, 11) is 0. The van der Waals surface area contributed by atoms with E-state index in [2.05, 4.69) is 11.6 Å². The Morgan fingerprint density at radius 2 is 1.50 bits per heavy atom. The van der Waals surface area contributed by atoms with Crippen molar-refractivity contribution in [2.75, 3.05) is 0 Å². The maximum absolute atomic E-state index is 12.0. The zero-order chi connectivity index (χ0) is 9.56. The summed E-state index contributed by atoms with van der Waals surface area (Å²) >= 11 is 0.750. The van der Waals surface area contributed by atoms with E-state index in [0.29, 0.717) is 0 Å². The van der Waals surface area contributed by atoms with Gasteiger partial charge in [0, 0.05) is 0 Å². The fourth-order valence-corrected chi connectivity index (χ4v) is 0.483. The maximum atomic E-state index is 12.0. The van der Waals surface area contributed by atoms with Gasteiger partial charge in [0.25, 0.3) is 0 Å². The first kappa shape index (κ1) is 11.4. The van der Waals surface area contributed by atoms with Crippen molar-refractivity contribution in [3.05, 3.63) is 29.8 Å². The summed E-state index contributed by atoms with van der Waals surface area (Å²) in [6.07, 6.45) is 0. The SMILES string of the molecule is [CH3][Al+][CH3].[O-]c1c(F)cccc1F. The molecule has 12 heavy (non-hydrogen) atoms. The van der Waals surface area contributed by atoms with Gasteiger partial charge in [-0.1, -0.05) is 6.07 Å². The van der Waals surface area contributed by atoms with Crippen LogP contribution in [-0.4, -0.2) is 15.2 Å². The minimum absolute atomic E-state index is 0.750. The molecular formula is C8H9AlF2O. The topological polar surface area (TPSA) is 23.1 Å². The van der Waals surface area contributed by atoms with E-state index in [1.165, 1.54) is 0 Å². The van der Waals surface area contributed by atoms with Gasteiger partial charge in [-0.3, -0.25) is 0 Å². The summed E-state index contributed by atoms with van der Waals surface area (Å²) in [4.78, 5) is 0. The summed E-state index contributed by atoms with van der Waals surface area (Å²) in [5.74, 6) is 1.16. The summed E-state index contributed by atoms with van der Waals surface area (Å²) in [6.45, 7) is 0. The van der Waals surface area contributed by atoms with Crippen LogP contribution >= 0.6 is 0 Å². The monoisotopic (exact) mass is 186 g/mol. The second-order valence-corrected chi connectivity index (χ2v) is 3.28. The van der Waals surface area contributed by atoms with Crippen LogP contribution in [0.15, 0.2) is 18.2 Å². The van der Waals surface area contributed by atoms with E-state index in [1.807, 2.05) is 0 Å². The molecule has 0 saturated carbocycles. The van der Waals surface area contributed by atoms with Gasteiger partial charge < -0.3 is 5.11 Å². The molecule has 1 rings (SSSR count). The van der Waals surface area contributed by atoms with Gasteiger partial charge in [-0.15, -0.1) is 0 Å². The second kappa shape index (κ2) is 5.99. The second-order valence-electron chi connectivity index (χ2n) is 2.13. The molecule has 0 spiro atoms. The van der Waals surface area contributed by atoms with Crippen molar-refractivity contribution in [3.63, 3.8) is 0 Å². The first-order valence-electron chi connectivity index (χ1n) is 3.48. The van der Waals surface area contributed by atoms with Crippen molar-refractivity contribution in [2.45, 2.75) is 11.6 Å². The van der Waals surface area contributed by atoms with Gasteiger partial charge in [0.15, 0.2) is 0 Å². The first-order chi connectivity index (χ1) is 5.63. The molecule has 0 aliphatic carbocycles. The van der Waals surface area contributed by atoms with Crippen molar-refractivity contribution in [3.8, 4) is 5.75 Å². The summed E-state index contributed by atoms with van der Waals surface area (Å²) in [5, 5.41) is 10.2. The molecule has 64 valence electrons. The Hall–Kier alpha value is -0.588. The molecular weight excluding hydrogens is 177 g/mol. The van der Waals surface area contributed by atoms with E-state index in [4.69, 9.17) is 0 Å². The zero-order valence-electron chi connectivity index (χ0n) is 6.97. The van der Waals surface area contributed by atoms with E-state index in [1.54, 1.807) is 0 Å². The number of benzene rings is 1. The Labute approximate surface area is 76.7 Å². The van der Waals surface area contributed by atoms with Crippen LogP contribution in [0.25, 0.3) is 0 Å². The van der Waals surface area contributed by atoms with Crippen molar-refractivity contribution in [1.29, 1.82) is 0 Å². The summed E-state index contributed by atoms with van der Waals surface area (Å²) in [6, 6.07) is 2.99. The standard InChI is InChI=1S/C6H4F2O.2CH3.Al/c7-4-2-1-3-5(8)6(4)9;;;/h1-3,9H;2*1H3;/q;;;+1/p-1. The van der Waals surface area contributed by atoms with Crippen molar-refractivity contribution >= 4 is 15.2 Å². The number of para-hydroxylation sites is 1. The van der Waals surface area contributed by atoms with Gasteiger partial charge in [0.1, 0.15) is 11.6 Å². The fraction of sp³-hybridized carbons (Fsp3) is 0.250. The molecule has 1 aromatic carbocycles. The van der Waals surface area contributed by atoms with Crippen LogP contribution in [0.2, 0.25) is 11.6 Å². The van der Waals surface area contributed by atoms with Gasteiger partial charge in [-0.2, -0.15) is 0 Å². The Kier molecular flexibility index (Phi) is 5.69. The summed E-state index contributed by atoms with van der Waals surface area (Å²) < 4.78 is 24.1. The molecule has 0 aliphatic rings. The molecule has 0 radical (unpaired) electrons. The van der Waals surface area contributed by atoms with E-state index in [0.717, 1.165) is 33.4 Å². The third-order valence-corrected chi connectivity index (χ3v) is 0.919. The van der Waals surface area contributed by atoms with Crippen LogP contribution in [0.3, 0.4) is 0 Å². The number of hydrogen-bond acceptors (Lipinski definition) is 1. The third-order valence-electron chi connectivity index (χ3n) is 0.919. The zero-order valence-corrected chi connectivity index (χ0v) is 8.13. The predicted octanol–water partition coefficient (Wildman–Crippen LogP) is 1.83. The van der Waals surface area contributed by atoms with Gasteiger partial charge in [0.05, 0.1) is 0 Å². The Bertz CT molecular complexity index is 220. The maximum Gasteiger partial charge on any atom is 0.118 e. The van der Waals surface area contributed by atoms with Crippen molar-refractivity contribution in [2.24, 2.45) is 0 Å². The molecule has 0 unspecified atom stereocenters. The summed E-state index contributed by atoms with van der Waals surface area (Å²) in [5.41, 5.74) is 0. The average Bonchev–Trinajstić information content (AvgIpc) is 2.02. The van der Waals surface area contributed by atoms with Gasteiger partial charge in [-0.25, -0.2) is 8.78 Å². The quantitative estimate of drug-likeness (QED) is 0.567. The molecule has 0 amide bonds. The average molecular weight is 186 g/mol. The molecule has 0 fully saturated rings. The Balaban J connectivity index is 0.000000354. The van der Waals surface area contributed by atoms with Crippen LogP contribution in [0.4, 0.5) is 8.78 Å². The van der Waals surface area contributed by atoms with Gasteiger partial charge in [0.2, 0.25) is 0 Å². The molecule has 0 bridgehead atoms. The van der Waals surface area contributed by atoms with E-state index >= 15 is 0 Å². The van der Waals surface area contributed by atoms with Crippen LogP contribution < -0.4 is 5.11 Å². The smallest absolute Gasteiger partial charge is 0.118 e. The molecule has 1 aromatic rings. The predicted molar refractivity (Wildman–Crippen MR) is 43.3 cm³/mol. The van der Waals surface area contributed by atoms with Crippen LogP contribution in [-0.2, 0) is 0 Å². The molecule has 0 atom stereocenters. The number of rotatable bonds is 0. The van der Waals surface area contributed by atoms with Crippen molar-refractivity contribution in [1.82, 2.24) is 0 Å². The molecule has 1 nitrogen and oxygen atoms in total. The van der Waals surface area contributed by atoms with Gasteiger partial charge >= 0.3 is 26.8 Å². The van der Waals surface area contributed by atoms with Crippen LogP contribution in [0.1, 0.15) is 0 Å². The van der Waals surface area contributed by atoms with E-state index in [-0.39, 0.29) is 0 Å².